The fourth-order valence-corrected chi connectivity index (χ4v) is 2.91. The predicted octanol–water partition coefficient (Wildman–Crippen LogP) is 1.57. The Balaban J connectivity index is 2.39. The van der Waals surface area contributed by atoms with Crippen molar-refractivity contribution >= 4 is 11.8 Å². The van der Waals surface area contributed by atoms with Gasteiger partial charge in [-0.15, -0.1) is 0 Å². The number of morpholine rings is 1. The third kappa shape index (κ3) is 4.62. The Kier molecular flexibility index (Phi) is 6.11. The van der Waals surface area contributed by atoms with E-state index in [9.17, 15) is 0 Å². The lowest BCUT2D eigenvalue weighted by molar-refractivity contribution is -0.0963. The van der Waals surface area contributed by atoms with Crippen LogP contribution >= 0.6 is 11.8 Å². The monoisotopic (exact) mass is 246 g/mol. The van der Waals surface area contributed by atoms with Crippen LogP contribution < -0.4 is 5.73 Å². The molecule has 0 aromatic carbocycles. The zero-order valence-corrected chi connectivity index (χ0v) is 11.7. The van der Waals surface area contributed by atoms with Gasteiger partial charge in [0.25, 0.3) is 0 Å². The van der Waals surface area contributed by atoms with Gasteiger partial charge >= 0.3 is 0 Å². The molecule has 3 nitrogen and oxygen atoms in total. The van der Waals surface area contributed by atoms with E-state index in [2.05, 4.69) is 25.7 Å². The van der Waals surface area contributed by atoms with Crippen LogP contribution in [0.2, 0.25) is 0 Å². The van der Waals surface area contributed by atoms with E-state index in [1.54, 1.807) is 0 Å². The van der Waals surface area contributed by atoms with Crippen molar-refractivity contribution in [1.82, 2.24) is 4.90 Å². The van der Waals surface area contributed by atoms with Gasteiger partial charge in [0.2, 0.25) is 0 Å². The van der Waals surface area contributed by atoms with Crippen molar-refractivity contribution in [3.05, 3.63) is 0 Å². The van der Waals surface area contributed by atoms with Gasteiger partial charge in [-0.1, -0.05) is 6.92 Å². The molecule has 0 spiro atoms. The first-order chi connectivity index (χ1) is 7.59. The molecule has 0 aliphatic carbocycles. The topological polar surface area (TPSA) is 38.5 Å². The van der Waals surface area contributed by atoms with Crippen molar-refractivity contribution in [2.24, 2.45) is 5.73 Å². The molecule has 0 aromatic rings. The average molecular weight is 246 g/mol. The van der Waals surface area contributed by atoms with E-state index >= 15 is 0 Å². The first kappa shape index (κ1) is 14.3. The van der Waals surface area contributed by atoms with Gasteiger partial charge in [-0.3, -0.25) is 4.90 Å². The summed E-state index contributed by atoms with van der Waals surface area (Å²) in [4.78, 5) is 2.50. The minimum absolute atomic E-state index is 0.0103. The van der Waals surface area contributed by atoms with Crippen molar-refractivity contribution < 1.29 is 4.74 Å². The Morgan fingerprint density at radius 3 is 2.81 bits per heavy atom. The summed E-state index contributed by atoms with van der Waals surface area (Å²) in [6.07, 6.45) is 1.20. The summed E-state index contributed by atoms with van der Waals surface area (Å²) in [5.74, 6) is 2.42. The molecule has 4 heteroatoms. The van der Waals surface area contributed by atoms with E-state index in [0.717, 1.165) is 26.2 Å². The van der Waals surface area contributed by atoms with Crippen LogP contribution in [0.5, 0.6) is 0 Å². The standard InChI is InChI=1S/C12H26N2OS/c1-4-16-8-5-11(9-13)14-6-7-15-12(2,3)10-14/h11H,4-10,13H2,1-3H3. The first-order valence-corrected chi connectivity index (χ1v) is 7.40. The van der Waals surface area contributed by atoms with Gasteiger partial charge in [-0.2, -0.15) is 11.8 Å². The summed E-state index contributed by atoms with van der Waals surface area (Å²) < 4.78 is 5.73. The van der Waals surface area contributed by atoms with Gasteiger partial charge in [0, 0.05) is 25.7 Å². The number of nitrogens with zero attached hydrogens (tertiary/aromatic N) is 1. The second kappa shape index (κ2) is 6.84. The zero-order valence-electron chi connectivity index (χ0n) is 10.9. The third-order valence-corrected chi connectivity index (χ3v) is 3.98. The summed E-state index contributed by atoms with van der Waals surface area (Å²) in [6, 6.07) is 0.530. The smallest absolute Gasteiger partial charge is 0.0753 e. The predicted molar refractivity (Wildman–Crippen MR) is 72.1 cm³/mol. The molecule has 1 atom stereocenters. The second-order valence-electron chi connectivity index (χ2n) is 4.95. The Hall–Kier alpha value is 0.230. The molecule has 1 aliphatic rings. The Morgan fingerprint density at radius 2 is 2.25 bits per heavy atom. The number of hydrogen-bond donors (Lipinski definition) is 1. The van der Waals surface area contributed by atoms with Crippen LogP contribution in [-0.4, -0.2) is 54.3 Å². The summed E-state index contributed by atoms with van der Waals surface area (Å²) in [5, 5.41) is 0. The number of ether oxygens (including phenoxy) is 1. The summed E-state index contributed by atoms with van der Waals surface area (Å²) in [5.41, 5.74) is 5.87. The molecular formula is C12H26N2OS. The molecule has 0 aromatic heterocycles. The molecule has 1 aliphatic heterocycles. The van der Waals surface area contributed by atoms with E-state index in [-0.39, 0.29) is 5.60 Å². The van der Waals surface area contributed by atoms with Crippen LogP contribution in [-0.2, 0) is 4.74 Å². The van der Waals surface area contributed by atoms with Crippen LogP contribution in [0.25, 0.3) is 0 Å². The molecule has 0 saturated carbocycles. The first-order valence-electron chi connectivity index (χ1n) is 6.25. The van der Waals surface area contributed by atoms with E-state index in [1.165, 1.54) is 17.9 Å². The fraction of sp³-hybridized carbons (Fsp3) is 1.00. The molecule has 0 radical (unpaired) electrons. The lowest BCUT2D eigenvalue weighted by atomic mass is 10.0. The van der Waals surface area contributed by atoms with Crippen molar-refractivity contribution in [3.8, 4) is 0 Å². The van der Waals surface area contributed by atoms with Crippen LogP contribution in [0.4, 0.5) is 0 Å². The fourth-order valence-electron chi connectivity index (χ4n) is 2.18. The molecule has 1 rings (SSSR count). The Bertz CT molecular complexity index is 199. The molecule has 96 valence electrons. The maximum absolute atomic E-state index is 5.88. The number of hydrogen-bond acceptors (Lipinski definition) is 4. The Labute approximate surface area is 104 Å². The van der Waals surface area contributed by atoms with Crippen LogP contribution in [0.15, 0.2) is 0 Å². The van der Waals surface area contributed by atoms with Crippen molar-refractivity contribution in [2.45, 2.75) is 38.8 Å². The average Bonchev–Trinajstić information content (AvgIpc) is 2.23. The van der Waals surface area contributed by atoms with Gasteiger partial charge in [0.1, 0.15) is 0 Å². The quantitative estimate of drug-likeness (QED) is 0.722. The summed E-state index contributed by atoms with van der Waals surface area (Å²) in [7, 11) is 0. The molecular weight excluding hydrogens is 220 g/mol. The summed E-state index contributed by atoms with van der Waals surface area (Å²) >= 11 is 2.00. The third-order valence-electron chi connectivity index (χ3n) is 3.04. The molecule has 0 amide bonds. The molecule has 0 bridgehead atoms. The van der Waals surface area contributed by atoms with Crippen molar-refractivity contribution in [2.75, 3.05) is 37.7 Å². The van der Waals surface area contributed by atoms with E-state index in [1.807, 2.05) is 11.8 Å². The number of thioether (sulfide) groups is 1. The number of rotatable bonds is 6. The molecule has 1 unspecified atom stereocenters. The highest BCUT2D eigenvalue weighted by Crippen LogP contribution is 2.20. The zero-order chi connectivity index (χ0) is 12.0. The minimum atomic E-state index is -0.0103. The molecule has 16 heavy (non-hydrogen) atoms. The molecule has 1 heterocycles. The number of nitrogens with two attached hydrogens (primary N) is 1. The van der Waals surface area contributed by atoms with Gasteiger partial charge in [0.15, 0.2) is 0 Å². The highest BCUT2D eigenvalue weighted by molar-refractivity contribution is 7.99. The van der Waals surface area contributed by atoms with E-state index in [4.69, 9.17) is 10.5 Å². The van der Waals surface area contributed by atoms with Crippen molar-refractivity contribution in [3.63, 3.8) is 0 Å². The lowest BCUT2D eigenvalue weighted by Gasteiger charge is -2.42. The van der Waals surface area contributed by atoms with Crippen molar-refractivity contribution in [1.29, 1.82) is 0 Å². The van der Waals surface area contributed by atoms with E-state index in [0.29, 0.717) is 6.04 Å². The highest BCUT2D eigenvalue weighted by atomic mass is 32.2. The normalized spacial score (nSPS) is 23.2. The summed E-state index contributed by atoms with van der Waals surface area (Å²) in [6.45, 7) is 10.2. The second-order valence-corrected chi connectivity index (χ2v) is 6.35. The van der Waals surface area contributed by atoms with E-state index < -0.39 is 0 Å². The molecule has 1 fully saturated rings. The van der Waals surface area contributed by atoms with Gasteiger partial charge in [0.05, 0.1) is 12.2 Å². The molecule has 2 N–H and O–H groups in total. The van der Waals surface area contributed by atoms with Gasteiger partial charge < -0.3 is 10.5 Å². The minimum Gasteiger partial charge on any atom is -0.373 e. The van der Waals surface area contributed by atoms with Gasteiger partial charge in [-0.25, -0.2) is 0 Å². The lowest BCUT2D eigenvalue weighted by Crippen LogP contribution is -2.54. The largest absolute Gasteiger partial charge is 0.373 e. The van der Waals surface area contributed by atoms with Crippen LogP contribution in [0, 0.1) is 0 Å². The van der Waals surface area contributed by atoms with Crippen LogP contribution in [0.3, 0.4) is 0 Å². The van der Waals surface area contributed by atoms with Crippen LogP contribution in [0.1, 0.15) is 27.2 Å². The highest BCUT2D eigenvalue weighted by Gasteiger charge is 2.30. The SMILES string of the molecule is CCSCCC(CN)N1CCOC(C)(C)C1. The molecule has 1 saturated heterocycles. The maximum atomic E-state index is 5.88. The maximum Gasteiger partial charge on any atom is 0.0753 e. The van der Waals surface area contributed by atoms with Gasteiger partial charge in [-0.05, 0) is 31.8 Å². The Morgan fingerprint density at radius 1 is 1.50 bits per heavy atom.